The predicted octanol–water partition coefficient (Wildman–Crippen LogP) is 3.60. The van der Waals surface area contributed by atoms with Crippen molar-refractivity contribution in [2.75, 3.05) is 7.05 Å². The highest BCUT2D eigenvalue weighted by molar-refractivity contribution is 6.31. The lowest BCUT2D eigenvalue weighted by Gasteiger charge is -2.24. The molecule has 3 rings (SSSR count). The van der Waals surface area contributed by atoms with Crippen LogP contribution in [0.3, 0.4) is 0 Å². The normalized spacial score (nSPS) is 18.7. The van der Waals surface area contributed by atoms with E-state index in [1.54, 1.807) is 0 Å². The number of para-hydroxylation sites is 1. The Balaban J connectivity index is 1.88. The highest BCUT2D eigenvalue weighted by atomic mass is 35.5. The van der Waals surface area contributed by atoms with E-state index in [1.807, 2.05) is 37.4 Å². The molecule has 0 aliphatic carbocycles. The van der Waals surface area contributed by atoms with Gasteiger partial charge in [-0.05, 0) is 30.3 Å². The standard InChI is InChI=1S/C16H16ClNO/c1-18-16(12-7-3-4-8-13(12)17)15-10-11-6-2-5-9-14(11)19-15/h2-9,15-16,18H,10H2,1H3. The Morgan fingerprint density at radius 2 is 1.89 bits per heavy atom. The summed E-state index contributed by atoms with van der Waals surface area (Å²) in [6, 6.07) is 16.2. The maximum Gasteiger partial charge on any atom is 0.123 e. The zero-order valence-corrected chi connectivity index (χ0v) is 11.5. The van der Waals surface area contributed by atoms with Crippen molar-refractivity contribution in [3.63, 3.8) is 0 Å². The van der Waals surface area contributed by atoms with Crippen LogP contribution in [0.1, 0.15) is 17.2 Å². The molecule has 2 unspecified atom stereocenters. The number of nitrogens with one attached hydrogen (secondary N) is 1. The second kappa shape index (κ2) is 5.24. The first-order chi connectivity index (χ1) is 9.29. The molecular weight excluding hydrogens is 258 g/mol. The van der Waals surface area contributed by atoms with Crippen LogP contribution in [0.2, 0.25) is 5.02 Å². The largest absolute Gasteiger partial charge is 0.488 e. The van der Waals surface area contributed by atoms with Gasteiger partial charge in [0.25, 0.3) is 0 Å². The van der Waals surface area contributed by atoms with Crippen LogP contribution >= 0.6 is 11.6 Å². The van der Waals surface area contributed by atoms with Crippen molar-refractivity contribution < 1.29 is 4.74 Å². The number of hydrogen-bond acceptors (Lipinski definition) is 2. The summed E-state index contributed by atoms with van der Waals surface area (Å²) in [5, 5.41) is 4.11. The monoisotopic (exact) mass is 273 g/mol. The predicted molar refractivity (Wildman–Crippen MR) is 77.8 cm³/mol. The Labute approximate surface area is 118 Å². The minimum atomic E-state index is 0.0855. The number of fused-ring (bicyclic) bond motifs is 1. The summed E-state index contributed by atoms with van der Waals surface area (Å²) in [7, 11) is 1.94. The van der Waals surface area contributed by atoms with E-state index in [-0.39, 0.29) is 12.1 Å². The molecule has 0 amide bonds. The fraction of sp³-hybridized carbons (Fsp3) is 0.250. The first-order valence-corrected chi connectivity index (χ1v) is 6.83. The SMILES string of the molecule is CNC(c1ccccc1Cl)C1Cc2ccccc2O1. The van der Waals surface area contributed by atoms with Gasteiger partial charge in [-0.25, -0.2) is 0 Å². The van der Waals surface area contributed by atoms with E-state index in [0.717, 1.165) is 22.8 Å². The number of benzene rings is 2. The Kier molecular flexibility index (Phi) is 3.45. The van der Waals surface area contributed by atoms with Crippen molar-refractivity contribution in [1.82, 2.24) is 5.32 Å². The number of ether oxygens (including phenoxy) is 1. The number of hydrogen-bond donors (Lipinski definition) is 1. The van der Waals surface area contributed by atoms with Crippen LogP contribution in [0.15, 0.2) is 48.5 Å². The van der Waals surface area contributed by atoms with E-state index < -0.39 is 0 Å². The first kappa shape index (κ1) is 12.5. The van der Waals surface area contributed by atoms with Crippen molar-refractivity contribution in [3.8, 4) is 5.75 Å². The van der Waals surface area contributed by atoms with Gasteiger partial charge in [-0.15, -0.1) is 0 Å². The molecule has 0 fully saturated rings. The van der Waals surface area contributed by atoms with Gasteiger partial charge in [0, 0.05) is 11.4 Å². The lowest BCUT2D eigenvalue weighted by Crippen LogP contribution is -2.32. The molecule has 1 aliphatic rings. The minimum absolute atomic E-state index is 0.0855. The molecule has 0 aromatic heterocycles. The smallest absolute Gasteiger partial charge is 0.123 e. The van der Waals surface area contributed by atoms with E-state index in [1.165, 1.54) is 5.56 Å². The van der Waals surface area contributed by atoms with Crippen LogP contribution in [0.25, 0.3) is 0 Å². The topological polar surface area (TPSA) is 21.3 Å². The minimum Gasteiger partial charge on any atom is -0.488 e. The lowest BCUT2D eigenvalue weighted by atomic mass is 9.98. The Bertz CT molecular complexity index is 559. The van der Waals surface area contributed by atoms with Gasteiger partial charge in [-0.1, -0.05) is 48.0 Å². The van der Waals surface area contributed by atoms with Crippen molar-refractivity contribution in [3.05, 3.63) is 64.7 Å². The van der Waals surface area contributed by atoms with Crippen LogP contribution < -0.4 is 10.1 Å². The van der Waals surface area contributed by atoms with Gasteiger partial charge in [0.15, 0.2) is 0 Å². The van der Waals surface area contributed by atoms with Crippen LogP contribution in [0.4, 0.5) is 0 Å². The third-order valence-electron chi connectivity index (χ3n) is 3.60. The molecule has 0 spiro atoms. The summed E-state index contributed by atoms with van der Waals surface area (Å²) in [6.07, 6.45) is 0.995. The molecule has 1 N–H and O–H groups in total. The van der Waals surface area contributed by atoms with Crippen molar-refractivity contribution in [2.24, 2.45) is 0 Å². The fourth-order valence-electron chi connectivity index (χ4n) is 2.66. The molecule has 2 nitrogen and oxygen atoms in total. The maximum absolute atomic E-state index is 6.29. The Hall–Kier alpha value is -1.51. The molecule has 0 saturated carbocycles. The summed E-state index contributed by atoms with van der Waals surface area (Å²) in [6.45, 7) is 0. The van der Waals surface area contributed by atoms with E-state index in [0.29, 0.717) is 0 Å². The highest BCUT2D eigenvalue weighted by Gasteiger charge is 2.31. The van der Waals surface area contributed by atoms with E-state index in [9.17, 15) is 0 Å². The van der Waals surface area contributed by atoms with Gasteiger partial charge in [0.05, 0.1) is 6.04 Å². The van der Waals surface area contributed by atoms with Gasteiger partial charge >= 0.3 is 0 Å². The zero-order chi connectivity index (χ0) is 13.2. The maximum atomic E-state index is 6.29. The number of likely N-dealkylation sites (N-methyl/N-ethyl adjacent to an activating group) is 1. The second-order valence-electron chi connectivity index (χ2n) is 4.76. The second-order valence-corrected chi connectivity index (χ2v) is 5.16. The Morgan fingerprint density at radius 3 is 2.63 bits per heavy atom. The van der Waals surface area contributed by atoms with Crippen LogP contribution in [0.5, 0.6) is 5.75 Å². The number of halogens is 1. The van der Waals surface area contributed by atoms with Crippen LogP contribution in [0, 0.1) is 0 Å². The molecule has 2 aromatic carbocycles. The van der Waals surface area contributed by atoms with E-state index in [2.05, 4.69) is 23.5 Å². The molecule has 19 heavy (non-hydrogen) atoms. The molecule has 1 heterocycles. The third kappa shape index (κ3) is 2.34. The zero-order valence-electron chi connectivity index (χ0n) is 10.8. The highest BCUT2D eigenvalue weighted by Crippen LogP contribution is 2.35. The van der Waals surface area contributed by atoms with E-state index in [4.69, 9.17) is 16.3 Å². The van der Waals surface area contributed by atoms with Gasteiger partial charge in [-0.3, -0.25) is 0 Å². The average molecular weight is 274 g/mol. The quantitative estimate of drug-likeness (QED) is 0.923. The fourth-order valence-corrected chi connectivity index (χ4v) is 2.92. The van der Waals surface area contributed by atoms with Crippen molar-refractivity contribution in [1.29, 1.82) is 0 Å². The van der Waals surface area contributed by atoms with Gasteiger partial charge in [0.2, 0.25) is 0 Å². The summed E-state index contributed by atoms with van der Waals surface area (Å²) >= 11 is 6.29. The summed E-state index contributed by atoms with van der Waals surface area (Å²) in [5.41, 5.74) is 2.35. The molecule has 0 saturated heterocycles. The molecule has 0 bridgehead atoms. The molecule has 2 atom stereocenters. The van der Waals surface area contributed by atoms with Gasteiger partial charge < -0.3 is 10.1 Å². The molecule has 1 aliphatic heterocycles. The lowest BCUT2D eigenvalue weighted by molar-refractivity contribution is 0.183. The van der Waals surface area contributed by atoms with Crippen molar-refractivity contribution >= 4 is 11.6 Å². The third-order valence-corrected chi connectivity index (χ3v) is 3.94. The van der Waals surface area contributed by atoms with Gasteiger partial charge in [0.1, 0.15) is 11.9 Å². The molecule has 0 radical (unpaired) electrons. The Morgan fingerprint density at radius 1 is 1.16 bits per heavy atom. The molecule has 2 aromatic rings. The first-order valence-electron chi connectivity index (χ1n) is 6.46. The molecule has 98 valence electrons. The van der Waals surface area contributed by atoms with Gasteiger partial charge in [-0.2, -0.15) is 0 Å². The number of rotatable bonds is 3. The summed E-state index contributed by atoms with van der Waals surface area (Å²) < 4.78 is 6.05. The summed E-state index contributed by atoms with van der Waals surface area (Å²) in [4.78, 5) is 0. The van der Waals surface area contributed by atoms with Crippen LogP contribution in [-0.2, 0) is 6.42 Å². The van der Waals surface area contributed by atoms with E-state index >= 15 is 0 Å². The summed E-state index contributed by atoms with van der Waals surface area (Å²) in [5.74, 6) is 0.986. The average Bonchev–Trinajstić information content (AvgIpc) is 2.85. The van der Waals surface area contributed by atoms with Crippen LogP contribution in [-0.4, -0.2) is 13.2 Å². The molecule has 3 heteroatoms. The molecular formula is C16H16ClNO. The van der Waals surface area contributed by atoms with Crippen molar-refractivity contribution in [2.45, 2.75) is 18.6 Å².